The first-order chi connectivity index (χ1) is 14.2. The van der Waals surface area contributed by atoms with Gasteiger partial charge >= 0.3 is 6.03 Å². The number of hydrogen-bond donors (Lipinski definition) is 1. The fourth-order valence-electron chi connectivity index (χ4n) is 4.40. The molecule has 1 N–H and O–H groups in total. The minimum Gasteiger partial charge on any atom is -0.323 e. The second-order valence-electron chi connectivity index (χ2n) is 8.05. The third kappa shape index (κ3) is 3.81. The zero-order valence-electron chi connectivity index (χ0n) is 16.4. The van der Waals surface area contributed by atoms with Crippen LogP contribution in [0.5, 0.6) is 0 Å². The molecule has 2 aliphatic heterocycles. The van der Waals surface area contributed by atoms with Gasteiger partial charge in [0.25, 0.3) is 5.91 Å². The Bertz CT molecular complexity index is 959. The molecule has 1 spiro atoms. The van der Waals surface area contributed by atoms with Crippen LogP contribution in [0.2, 0.25) is 5.02 Å². The Hall–Kier alpha value is -1.75. The highest BCUT2D eigenvalue weighted by molar-refractivity contribution is 7.89. The lowest BCUT2D eigenvalue weighted by molar-refractivity contribution is -0.134. The van der Waals surface area contributed by atoms with E-state index in [1.807, 2.05) is 4.90 Å². The first-order valence-electron chi connectivity index (χ1n) is 10.0. The molecule has 2 heterocycles. The van der Waals surface area contributed by atoms with Gasteiger partial charge in [-0.25, -0.2) is 22.5 Å². The molecule has 30 heavy (non-hydrogen) atoms. The Balaban J connectivity index is 1.38. The summed E-state index contributed by atoms with van der Waals surface area (Å²) in [5.41, 5.74) is -0.762. The van der Waals surface area contributed by atoms with Gasteiger partial charge in [0.2, 0.25) is 10.0 Å². The Labute approximate surface area is 180 Å². The van der Waals surface area contributed by atoms with Crippen molar-refractivity contribution in [3.05, 3.63) is 29.0 Å². The highest BCUT2D eigenvalue weighted by atomic mass is 35.5. The van der Waals surface area contributed by atoms with Gasteiger partial charge in [-0.3, -0.25) is 9.69 Å². The van der Waals surface area contributed by atoms with Crippen molar-refractivity contribution in [2.75, 3.05) is 32.8 Å². The third-order valence-electron chi connectivity index (χ3n) is 6.15. The number of halogens is 2. The number of benzene rings is 1. The van der Waals surface area contributed by atoms with Crippen molar-refractivity contribution in [3.8, 4) is 0 Å². The van der Waals surface area contributed by atoms with Crippen molar-refractivity contribution < 1.29 is 22.4 Å². The van der Waals surface area contributed by atoms with Crippen molar-refractivity contribution in [3.63, 3.8) is 0 Å². The van der Waals surface area contributed by atoms with E-state index in [9.17, 15) is 22.4 Å². The molecule has 0 bridgehead atoms. The number of carbonyl (C=O) groups is 2. The number of amides is 3. The van der Waals surface area contributed by atoms with Gasteiger partial charge in [0, 0.05) is 26.2 Å². The van der Waals surface area contributed by atoms with Crippen LogP contribution in [-0.2, 0) is 14.8 Å². The van der Waals surface area contributed by atoms with Gasteiger partial charge in [-0.2, -0.15) is 4.31 Å². The summed E-state index contributed by atoms with van der Waals surface area (Å²) in [6.07, 6.45) is 4.24. The van der Waals surface area contributed by atoms with Crippen LogP contribution in [0.4, 0.5) is 9.18 Å². The number of piperazine rings is 1. The molecule has 3 fully saturated rings. The molecule has 0 aromatic heterocycles. The molecule has 0 atom stereocenters. The Morgan fingerprint density at radius 1 is 1.07 bits per heavy atom. The SMILES string of the molecule is O=C1NC2(CCCCC2)C(=O)N1CN1CCN(S(=O)(=O)c2ccc(F)c(Cl)c2)CC1. The van der Waals surface area contributed by atoms with E-state index in [-0.39, 0.29) is 41.6 Å². The van der Waals surface area contributed by atoms with Crippen LogP contribution in [0.1, 0.15) is 32.1 Å². The van der Waals surface area contributed by atoms with Gasteiger partial charge < -0.3 is 5.32 Å². The summed E-state index contributed by atoms with van der Waals surface area (Å²) >= 11 is 5.72. The summed E-state index contributed by atoms with van der Waals surface area (Å²) in [5, 5.41) is 2.64. The number of urea groups is 1. The number of rotatable bonds is 4. The largest absolute Gasteiger partial charge is 0.326 e. The molecule has 4 rings (SSSR count). The Kier molecular flexibility index (Phi) is 5.78. The van der Waals surface area contributed by atoms with E-state index in [1.165, 1.54) is 15.3 Å². The highest BCUT2D eigenvalue weighted by Gasteiger charge is 2.51. The second-order valence-corrected chi connectivity index (χ2v) is 10.4. The van der Waals surface area contributed by atoms with Gasteiger partial charge in [0.05, 0.1) is 16.6 Å². The molecule has 0 unspecified atom stereocenters. The smallest absolute Gasteiger partial charge is 0.323 e. The first-order valence-corrected chi connectivity index (χ1v) is 11.9. The molecule has 0 radical (unpaired) electrons. The van der Waals surface area contributed by atoms with Crippen LogP contribution in [-0.4, -0.2) is 72.8 Å². The third-order valence-corrected chi connectivity index (χ3v) is 8.34. The van der Waals surface area contributed by atoms with E-state index in [1.54, 1.807) is 0 Å². The quantitative estimate of drug-likeness (QED) is 0.697. The summed E-state index contributed by atoms with van der Waals surface area (Å²) in [6, 6.07) is 2.96. The lowest BCUT2D eigenvalue weighted by Crippen LogP contribution is -2.53. The molecular weight excluding hydrogens is 435 g/mol. The van der Waals surface area contributed by atoms with Gasteiger partial charge in [-0.1, -0.05) is 30.9 Å². The average Bonchev–Trinajstić information content (AvgIpc) is 2.95. The number of imide groups is 1. The fraction of sp³-hybridized carbons (Fsp3) is 0.579. The molecule has 2 saturated heterocycles. The van der Waals surface area contributed by atoms with Gasteiger partial charge in [-0.15, -0.1) is 0 Å². The van der Waals surface area contributed by atoms with Crippen LogP contribution < -0.4 is 5.32 Å². The zero-order chi connectivity index (χ0) is 21.5. The topological polar surface area (TPSA) is 90.0 Å². The monoisotopic (exact) mass is 458 g/mol. The number of carbonyl (C=O) groups excluding carboxylic acids is 2. The Morgan fingerprint density at radius 3 is 2.37 bits per heavy atom. The van der Waals surface area contributed by atoms with Gasteiger partial charge in [0.1, 0.15) is 11.4 Å². The molecule has 8 nitrogen and oxygen atoms in total. The molecule has 1 aliphatic carbocycles. The van der Waals surface area contributed by atoms with Crippen LogP contribution in [0, 0.1) is 5.82 Å². The van der Waals surface area contributed by atoms with Crippen molar-refractivity contribution in [1.29, 1.82) is 0 Å². The van der Waals surface area contributed by atoms with E-state index in [0.29, 0.717) is 25.9 Å². The van der Waals surface area contributed by atoms with Gasteiger partial charge in [0.15, 0.2) is 0 Å². The molecule has 3 aliphatic rings. The number of nitrogens with one attached hydrogen (secondary N) is 1. The summed E-state index contributed by atoms with van der Waals surface area (Å²) < 4.78 is 40.3. The molecular formula is C19H24ClFN4O4S. The predicted molar refractivity (Wildman–Crippen MR) is 108 cm³/mol. The summed E-state index contributed by atoms with van der Waals surface area (Å²) in [5.74, 6) is -0.854. The van der Waals surface area contributed by atoms with Crippen LogP contribution in [0.15, 0.2) is 23.1 Å². The number of hydrogen-bond acceptors (Lipinski definition) is 5. The minimum absolute atomic E-state index is 0.0595. The first kappa shape index (κ1) is 21.5. The van der Waals surface area contributed by atoms with Crippen LogP contribution in [0.25, 0.3) is 0 Å². The Morgan fingerprint density at radius 2 is 1.73 bits per heavy atom. The lowest BCUT2D eigenvalue weighted by Gasteiger charge is -2.35. The predicted octanol–water partition coefficient (Wildman–Crippen LogP) is 2.00. The maximum absolute atomic E-state index is 13.4. The van der Waals surface area contributed by atoms with Gasteiger partial charge in [-0.05, 0) is 31.0 Å². The fourth-order valence-corrected chi connectivity index (χ4v) is 6.09. The summed E-state index contributed by atoms with van der Waals surface area (Å²) in [4.78, 5) is 28.4. The van der Waals surface area contributed by atoms with Crippen LogP contribution in [0.3, 0.4) is 0 Å². The molecule has 3 amide bonds. The maximum Gasteiger partial charge on any atom is 0.326 e. The van der Waals surface area contributed by atoms with Crippen molar-refractivity contribution in [2.24, 2.45) is 0 Å². The van der Waals surface area contributed by atoms with Crippen molar-refractivity contribution in [2.45, 2.75) is 42.5 Å². The van der Waals surface area contributed by atoms with Crippen molar-refractivity contribution >= 4 is 33.6 Å². The molecule has 1 aromatic rings. The average molecular weight is 459 g/mol. The number of sulfonamides is 1. The van der Waals surface area contributed by atoms with E-state index in [4.69, 9.17) is 11.6 Å². The van der Waals surface area contributed by atoms with Crippen molar-refractivity contribution in [1.82, 2.24) is 19.4 Å². The van der Waals surface area contributed by atoms with E-state index < -0.39 is 21.4 Å². The van der Waals surface area contributed by atoms with E-state index >= 15 is 0 Å². The lowest BCUT2D eigenvalue weighted by atomic mass is 9.82. The van der Waals surface area contributed by atoms with E-state index in [0.717, 1.165) is 31.4 Å². The minimum atomic E-state index is -3.80. The molecule has 11 heteroatoms. The maximum atomic E-state index is 13.4. The summed E-state index contributed by atoms with van der Waals surface area (Å²) in [6.45, 7) is 1.29. The van der Waals surface area contributed by atoms with Crippen LogP contribution >= 0.6 is 11.6 Å². The zero-order valence-corrected chi connectivity index (χ0v) is 18.0. The standard InChI is InChI=1S/C19H24ClFN4O4S/c20-15-12-14(4-5-16(15)21)30(28,29)24-10-8-23(9-11-24)13-25-17(26)19(22-18(25)27)6-2-1-3-7-19/h4-5,12H,1-3,6-11,13H2,(H,22,27). The molecule has 1 saturated carbocycles. The second kappa shape index (κ2) is 8.07. The normalized spacial score (nSPS) is 23.2. The summed E-state index contributed by atoms with van der Waals surface area (Å²) in [7, 11) is -3.80. The molecule has 164 valence electrons. The highest BCUT2D eigenvalue weighted by Crippen LogP contribution is 2.33. The molecule has 1 aromatic carbocycles. The number of nitrogens with zero attached hydrogens (tertiary/aromatic N) is 3. The van der Waals surface area contributed by atoms with E-state index in [2.05, 4.69) is 5.32 Å².